The third-order valence-corrected chi connectivity index (χ3v) is 9.18. The molecule has 1 aromatic carbocycles. The molecule has 4 aromatic heterocycles. The zero-order valence-corrected chi connectivity index (χ0v) is 28.5. The topological polar surface area (TPSA) is 180 Å². The van der Waals surface area contributed by atoms with E-state index in [2.05, 4.69) is 19.9 Å². The molecule has 52 heavy (non-hydrogen) atoms. The largest absolute Gasteiger partial charge is 0.514 e. The molecular formula is C36H40N8O8. The molecule has 0 amide bonds. The number of nitrogens with zero attached hydrogens (tertiary/aromatic N) is 8. The summed E-state index contributed by atoms with van der Waals surface area (Å²) in [5, 5.41) is 9.19. The van der Waals surface area contributed by atoms with Crippen LogP contribution >= 0.6 is 0 Å². The predicted molar refractivity (Wildman–Crippen MR) is 180 cm³/mol. The van der Waals surface area contributed by atoms with E-state index in [1.807, 2.05) is 49.1 Å². The SMILES string of the molecule is O=C(CCCC(=O)O[C@@H]1CCn2ccnc21)O[C@H]1CCn2ccnc21.O=C(Oc1ccccc1)O[C@@H]1CCn2ccnc21.O[C@@H]1CCn2ccnc21. The average molecular weight is 713 g/mol. The van der Waals surface area contributed by atoms with Crippen LogP contribution in [0.5, 0.6) is 5.75 Å². The van der Waals surface area contributed by atoms with Crippen molar-refractivity contribution in [2.24, 2.45) is 0 Å². The third-order valence-electron chi connectivity index (χ3n) is 9.18. The van der Waals surface area contributed by atoms with Crippen LogP contribution in [-0.4, -0.2) is 61.4 Å². The molecule has 16 heteroatoms. The number of para-hydroxylation sites is 1. The number of hydrogen-bond donors (Lipinski definition) is 1. The van der Waals surface area contributed by atoms with Gasteiger partial charge in [-0.2, -0.15) is 0 Å². The molecule has 4 aliphatic rings. The molecule has 0 unspecified atom stereocenters. The normalized spacial score (nSPS) is 20.2. The standard InChI is InChI=1S/C17H20N4O4.C13H12N2O3.C6H8N2O/c22-14(24-12-4-8-20-10-6-18-16(12)20)2-1-3-15(23)25-13-5-9-21-11-7-19-17(13)21;16-13(17-10-4-2-1-3-5-10)18-11-6-8-15-9-7-14-12(11)15;9-5-1-3-8-4-2-7-6(5)8/h6-7,10-13H,1-5,8-9H2;1-5,7,9,11H,6,8H2;2,4-5,9H,1,3H2/t12-,13+;11-;5-/m.11/s1. The van der Waals surface area contributed by atoms with Gasteiger partial charge in [-0.3, -0.25) is 9.59 Å². The molecule has 272 valence electrons. The van der Waals surface area contributed by atoms with Crippen molar-refractivity contribution in [2.45, 2.75) is 95.5 Å². The smallest absolute Gasteiger partial charge is 0.454 e. The fourth-order valence-corrected chi connectivity index (χ4v) is 6.62. The Morgan fingerprint density at radius 3 is 1.50 bits per heavy atom. The average Bonchev–Trinajstić information content (AvgIpc) is 3.97. The van der Waals surface area contributed by atoms with E-state index in [1.54, 1.807) is 49.1 Å². The Morgan fingerprint density at radius 2 is 1.02 bits per heavy atom. The quantitative estimate of drug-likeness (QED) is 0.132. The van der Waals surface area contributed by atoms with Gasteiger partial charge in [-0.05, 0) is 25.0 Å². The van der Waals surface area contributed by atoms with Crippen molar-refractivity contribution in [1.29, 1.82) is 0 Å². The van der Waals surface area contributed by atoms with Gasteiger partial charge in [-0.1, -0.05) is 18.2 Å². The molecule has 9 rings (SSSR count). The molecule has 0 fully saturated rings. The monoisotopic (exact) mass is 712 g/mol. The van der Waals surface area contributed by atoms with E-state index in [4.69, 9.17) is 18.9 Å². The molecular weight excluding hydrogens is 672 g/mol. The summed E-state index contributed by atoms with van der Waals surface area (Å²) < 4.78 is 29.2. The van der Waals surface area contributed by atoms with Gasteiger partial charge in [0.1, 0.15) is 35.2 Å². The van der Waals surface area contributed by atoms with E-state index in [9.17, 15) is 19.5 Å². The Labute approximate surface area is 299 Å². The summed E-state index contributed by atoms with van der Waals surface area (Å²) in [5.74, 6) is 3.06. The summed E-state index contributed by atoms with van der Waals surface area (Å²) in [5.41, 5.74) is 0. The van der Waals surface area contributed by atoms with Crippen LogP contribution in [0, 0.1) is 0 Å². The van der Waals surface area contributed by atoms with Crippen molar-refractivity contribution in [1.82, 2.24) is 38.2 Å². The lowest BCUT2D eigenvalue weighted by atomic mass is 10.2. The molecule has 0 bridgehead atoms. The highest BCUT2D eigenvalue weighted by molar-refractivity contribution is 5.73. The number of esters is 2. The third kappa shape index (κ3) is 8.23. The van der Waals surface area contributed by atoms with E-state index in [0.29, 0.717) is 12.2 Å². The fourth-order valence-electron chi connectivity index (χ4n) is 6.62. The first kappa shape index (κ1) is 34.7. The van der Waals surface area contributed by atoms with Gasteiger partial charge < -0.3 is 42.3 Å². The number of rotatable bonds is 8. The van der Waals surface area contributed by atoms with Crippen LogP contribution in [0.3, 0.4) is 0 Å². The molecule has 16 nitrogen and oxygen atoms in total. The number of ether oxygens (including phenoxy) is 4. The minimum Gasteiger partial charge on any atom is -0.454 e. The molecule has 0 radical (unpaired) electrons. The van der Waals surface area contributed by atoms with Crippen LogP contribution in [0.4, 0.5) is 4.79 Å². The van der Waals surface area contributed by atoms with Crippen LogP contribution < -0.4 is 4.74 Å². The zero-order valence-electron chi connectivity index (χ0n) is 28.5. The molecule has 0 saturated heterocycles. The van der Waals surface area contributed by atoms with Gasteiger partial charge in [0.2, 0.25) is 0 Å². The minimum absolute atomic E-state index is 0.200. The zero-order chi connectivity index (χ0) is 35.9. The summed E-state index contributed by atoms with van der Waals surface area (Å²) in [6, 6.07) is 8.86. The summed E-state index contributed by atoms with van der Waals surface area (Å²) in [6.45, 7) is 3.36. The maximum Gasteiger partial charge on any atom is 0.514 e. The van der Waals surface area contributed by atoms with Gasteiger partial charge in [0, 0.05) is 108 Å². The van der Waals surface area contributed by atoms with Crippen molar-refractivity contribution in [2.75, 3.05) is 0 Å². The van der Waals surface area contributed by atoms with Gasteiger partial charge in [-0.25, -0.2) is 24.7 Å². The number of benzene rings is 1. The number of aliphatic hydroxyl groups excluding tert-OH is 1. The van der Waals surface area contributed by atoms with Crippen molar-refractivity contribution < 1.29 is 38.4 Å². The molecule has 1 N–H and O–H groups in total. The van der Waals surface area contributed by atoms with Crippen LogP contribution in [0.15, 0.2) is 79.9 Å². The van der Waals surface area contributed by atoms with E-state index in [-0.39, 0.29) is 49.2 Å². The van der Waals surface area contributed by atoms with Gasteiger partial charge in [0.05, 0.1) is 0 Å². The molecule has 4 aliphatic heterocycles. The van der Waals surface area contributed by atoms with E-state index in [1.165, 1.54) is 0 Å². The second-order valence-corrected chi connectivity index (χ2v) is 12.7. The highest BCUT2D eigenvalue weighted by Gasteiger charge is 2.30. The number of aromatic nitrogens is 8. The molecule has 5 aromatic rings. The summed E-state index contributed by atoms with van der Waals surface area (Å²) in [4.78, 5) is 52.1. The molecule has 8 heterocycles. The first-order valence-electron chi connectivity index (χ1n) is 17.5. The molecule has 0 saturated carbocycles. The Morgan fingerprint density at radius 1 is 0.596 bits per heavy atom. The highest BCUT2D eigenvalue weighted by Crippen LogP contribution is 2.30. The van der Waals surface area contributed by atoms with Crippen LogP contribution in [0.2, 0.25) is 0 Å². The van der Waals surface area contributed by atoms with Crippen molar-refractivity contribution >= 4 is 18.1 Å². The van der Waals surface area contributed by atoms with Gasteiger partial charge >= 0.3 is 18.1 Å². The molecule has 0 spiro atoms. The van der Waals surface area contributed by atoms with Crippen molar-refractivity contribution in [3.8, 4) is 5.75 Å². The lowest BCUT2D eigenvalue weighted by Crippen LogP contribution is -2.14. The predicted octanol–water partition coefficient (Wildman–Crippen LogP) is 4.79. The van der Waals surface area contributed by atoms with E-state index < -0.39 is 6.16 Å². The highest BCUT2D eigenvalue weighted by atomic mass is 16.7. The number of carbonyl (C=O) groups is 3. The second-order valence-electron chi connectivity index (χ2n) is 12.7. The van der Waals surface area contributed by atoms with Crippen molar-refractivity contribution in [3.05, 3.63) is 103 Å². The molecule has 4 atom stereocenters. The Balaban J connectivity index is 0.000000135. The van der Waals surface area contributed by atoms with Crippen LogP contribution in [-0.2, 0) is 50.0 Å². The lowest BCUT2D eigenvalue weighted by molar-refractivity contribution is -0.151. The van der Waals surface area contributed by atoms with Crippen LogP contribution in [0.1, 0.15) is 92.7 Å². The van der Waals surface area contributed by atoms with Crippen LogP contribution in [0.25, 0.3) is 0 Å². The Bertz CT molecular complexity index is 1900. The first-order valence-corrected chi connectivity index (χ1v) is 17.5. The Kier molecular flexibility index (Phi) is 10.7. The number of imidazole rings is 4. The number of carbonyl (C=O) groups excluding carboxylic acids is 3. The number of aryl methyl sites for hydroxylation is 4. The van der Waals surface area contributed by atoms with E-state index in [0.717, 1.165) is 75.2 Å². The number of aliphatic hydroxyl groups is 1. The summed E-state index contributed by atoms with van der Waals surface area (Å²) >= 11 is 0. The lowest BCUT2D eigenvalue weighted by Gasteiger charge is -2.12. The number of hydrogen-bond acceptors (Lipinski definition) is 12. The summed E-state index contributed by atoms with van der Waals surface area (Å²) in [6.07, 6.45) is 16.4. The van der Waals surface area contributed by atoms with Gasteiger partial charge in [0.15, 0.2) is 18.3 Å². The van der Waals surface area contributed by atoms with Gasteiger partial charge in [-0.15, -0.1) is 0 Å². The minimum atomic E-state index is -0.692. The van der Waals surface area contributed by atoms with Gasteiger partial charge in [0.25, 0.3) is 0 Å². The maximum absolute atomic E-state index is 12.0. The first-order chi connectivity index (χ1) is 25.4. The summed E-state index contributed by atoms with van der Waals surface area (Å²) in [7, 11) is 0. The number of fused-ring (bicyclic) bond motifs is 4. The van der Waals surface area contributed by atoms with E-state index >= 15 is 0 Å². The maximum atomic E-state index is 12.0. The second kappa shape index (κ2) is 16.1. The fraction of sp³-hybridized carbons (Fsp3) is 0.417. The van der Waals surface area contributed by atoms with Crippen molar-refractivity contribution in [3.63, 3.8) is 0 Å². The Hall–Kier alpha value is -5.77. The molecule has 0 aliphatic carbocycles.